The molecule has 7 unspecified atom stereocenters. The van der Waals surface area contributed by atoms with Crippen LogP contribution in [0, 0.1) is 23.7 Å². The van der Waals surface area contributed by atoms with Gasteiger partial charge in [0, 0.05) is 24.4 Å². The van der Waals surface area contributed by atoms with Crippen LogP contribution in [-0.2, 0) is 9.53 Å². The minimum Gasteiger partial charge on any atom is -0.357 e. The lowest BCUT2D eigenvalue weighted by Gasteiger charge is -2.50. The molecule has 1 saturated carbocycles. The second kappa shape index (κ2) is 6.72. The zero-order chi connectivity index (χ0) is 17.7. The van der Waals surface area contributed by atoms with Crippen molar-refractivity contribution in [2.45, 2.75) is 63.1 Å². The number of nitrogens with zero attached hydrogens (tertiary/aromatic N) is 1. The van der Waals surface area contributed by atoms with Gasteiger partial charge in [-0.1, -0.05) is 12.8 Å². The van der Waals surface area contributed by atoms with Crippen LogP contribution in [0.15, 0.2) is 5.10 Å². The summed E-state index contributed by atoms with van der Waals surface area (Å²) in [6, 6.07) is 0.465. The van der Waals surface area contributed by atoms with E-state index in [9.17, 15) is 4.79 Å². The summed E-state index contributed by atoms with van der Waals surface area (Å²) < 4.78 is 6.29. The van der Waals surface area contributed by atoms with Gasteiger partial charge in [-0.15, -0.1) is 10.6 Å². The van der Waals surface area contributed by atoms with E-state index in [1.54, 1.807) is 0 Å². The number of nitrogens with one attached hydrogen (secondary N) is 5. The average molecular weight is 363 g/mol. The number of amidine groups is 1. The molecule has 1 aliphatic carbocycles. The fourth-order valence-corrected chi connectivity index (χ4v) is 5.57. The fourth-order valence-electron chi connectivity index (χ4n) is 5.57. The monoisotopic (exact) mass is 363 g/mol. The van der Waals surface area contributed by atoms with Crippen LogP contribution in [0.4, 0.5) is 0 Å². The van der Waals surface area contributed by atoms with Gasteiger partial charge in [-0.2, -0.15) is 0 Å². The third-order valence-corrected chi connectivity index (χ3v) is 7.00. The van der Waals surface area contributed by atoms with Crippen LogP contribution in [0.1, 0.15) is 38.5 Å². The van der Waals surface area contributed by atoms with Crippen LogP contribution in [0.5, 0.6) is 0 Å². The lowest BCUT2D eigenvalue weighted by Crippen LogP contribution is -2.68. The molecule has 0 aromatic rings. The molecular weight excluding hydrogens is 334 g/mol. The van der Waals surface area contributed by atoms with Gasteiger partial charge in [0.1, 0.15) is 17.8 Å². The lowest BCUT2D eigenvalue weighted by atomic mass is 9.72. The minimum atomic E-state index is -0.295. The van der Waals surface area contributed by atoms with E-state index in [4.69, 9.17) is 10.5 Å². The maximum Gasteiger partial charge on any atom is 0.145 e. The van der Waals surface area contributed by atoms with E-state index in [1.807, 2.05) is 0 Å². The molecule has 7 N–H and O–H groups in total. The van der Waals surface area contributed by atoms with Gasteiger partial charge in [-0.3, -0.25) is 15.5 Å². The number of Topliss-reactive ketones (excluding diaryl/α,β-unsaturated/α-hetero) is 1. The van der Waals surface area contributed by atoms with Crippen LogP contribution >= 0.6 is 0 Å². The van der Waals surface area contributed by atoms with Crippen LogP contribution in [0.2, 0.25) is 0 Å². The number of rotatable bonds is 2. The van der Waals surface area contributed by atoms with Crippen LogP contribution < -0.4 is 32.9 Å². The highest BCUT2D eigenvalue weighted by molar-refractivity contribution is 5.89. The Morgan fingerprint density at radius 1 is 1.12 bits per heavy atom. The zero-order valence-electron chi connectivity index (χ0n) is 14.9. The van der Waals surface area contributed by atoms with Gasteiger partial charge in [0.15, 0.2) is 0 Å². The number of carbonyl (C=O) groups is 1. The summed E-state index contributed by atoms with van der Waals surface area (Å²) in [6.07, 6.45) is 6.19. The van der Waals surface area contributed by atoms with E-state index in [0.29, 0.717) is 18.2 Å². The topological polar surface area (TPSA) is 125 Å². The summed E-state index contributed by atoms with van der Waals surface area (Å²) in [5, 5.41) is 11.1. The second-order valence-electron chi connectivity index (χ2n) is 8.40. The minimum absolute atomic E-state index is 0.00889. The van der Waals surface area contributed by atoms with Gasteiger partial charge >= 0.3 is 0 Å². The van der Waals surface area contributed by atoms with Gasteiger partial charge in [-0.05, 0) is 31.6 Å². The number of hydrogen-bond acceptors (Lipinski definition) is 9. The SMILES string of the molecule is NC1NC2OC3CNC(C4CCCC4)CC3C(=O)C2CC1C1=NNNN1. The number of ketones is 1. The van der Waals surface area contributed by atoms with Gasteiger partial charge in [0.05, 0.1) is 18.2 Å². The Labute approximate surface area is 153 Å². The first-order chi connectivity index (χ1) is 12.7. The Balaban J connectivity index is 1.31. The third-order valence-electron chi connectivity index (χ3n) is 7.00. The van der Waals surface area contributed by atoms with Crippen molar-refractivity contribution in [3.05, 3.63) is 0 Å². The standard InChI is InChI=1S/C17H29N7O2/c18-15-11(16-21-23-24-22-16)5-10-14(25)9-6-12(8-3-1-2-4-8)19-7-13(9)26-17(10)20-15/h8-13,15,17,19-20,23-24H,1-7,18H2,(H,21,22). The summed E-state index contributed by atoms with van der Waals surface area (Å²) in [6.45, 7) is 0.767. The number of fused-ring (bicyclic) bond motifs is 2. The van der Waals surface area contributed by atoms with E-state index in [-0.39, 0.29) is 36.3 Å². The van der Waals surface area contributed by atoms with Crippen LogP contribution in [0.25, 0.3) is 0 Å². The maximum atomic E-state index is 13.3. The molecule has 4 heterocycles. The molecule has 0 aromatic heterocycles. The summed E-state index contributed by atoms with van der Waals surface area (Å²) in [5.41, 5.74) is 14.7. The van der Waals surface area contributed by atoms with Crippen molar-refractivity contribution in [2.24, 2.45) is 34.5 Å². The van der Waals surface area contributed by atoms with E-state index < -0.39 is 0 Å². The molecule has 0 spiro atoms. The molecule has 9 heteroatoms. The summed E-state index contributed by atoms with van der Waals surface area (Å²) in [4.78, 5) is 13.3. The van der Waals surface area contributed by atoms with Crippen molar-refractivity contribution in [3.8, 4) is 0 Å². The van der Waals surface area contributed by atoms with Crippen molar-refractivity contribution in [2.75, 3.05) is 6.54 Å². The number of hydrogen-bond donors (Lipinski definition) is 6. The molecule has 0 bridgehead atoms. The van der Waals surface area contributed by atoms with Crippen molar-refractivity contribution in [1.82, 2.24) is 27.1 Å². The van der Waals surface area contributed by atoms with Gasteiger partial charge in [0.2, 0.25) is 0 Å². The first kappa shape index (κ1) is 16.9. The van der Waals surface area contributed by atoms with Gasteiger partial charge in [-0.25, -0.2) is 5.53 Å². The second-order valence-corrected chi connectivity index (χ2v) is 8.40. The highest BCUT2D eigenvalue weighted by Crippen LogP contribution is 2.40. The molecule has 5 aliphatic rings. The number of nitrogens with two attached hydrogens (primary N) is 1. The number of hydrazone groups is 1. The van der Waals surface area contributed by atoms with Crippen molar-refractivity contribution < 1.29 is 9.53 Å². The zero-order valence-corrected chi connectivity index (χ0v) is 14.9. The number of piperidine rings is 2. The van der Waals surface area contributed by atoms with E-state index in [0.717, 1.165) is 24.7 Å². The lowest BCUT2D eigenvalue weighted by molar-refractivity contribution is -0.176. The number of carbonyl (C=O) groups excluding carboxylic acids is 1. The average Bonchev–Trinajstić information content (AvgIpc) is 3.35. The molecule has 26 heavy (non-hydrogen) atoms. The Bertz CT molecular complexity index is 594. The quantitative estimate of drug-likeness (QED) is 0.365. The molecule has 9 nitrogen and oxygen atoms in total. The van der Waals surface area contributed by atoms with E-state index >= 15 is 0 Å². The van der Waals surface area contributed by atoms with Gasteiger partial charge in [0.25, 0.3) is 0 Å². The van der Waals surface area contributed by atoms with Crippen molar-refractivity contribution in [1.29, 1.82) is 0 Å². The smallest absolute Gasteiger partial charge is 0.145 e. The number of hydrazine groups is 2. The summed E-state index contributed by atoms with van der Waals surface area (Å²) in [7, 11) is 0. The molecule has 0 radical (unpaired) electrons. The van der Waals surface area contributed by atoms with Crippen molar-refractivity contribution >= 4 is 11.6 Å². The van der Waals surface area contributed by atoms with Crippen LogP contribution in [0.3, 0.4) is 0 Å². The Morgan fingerprint density at radius 2 is 1.96 bits per heavy atom. The fraction of sp³-hybridized carbons (Fsp3) is 0.882. The third kappa shape index (κ3) is 2.82. The first-order valence-electron chi connectivity index (χ1n) is 9.98. The first-order valence-corrected chi connectivity index (χ1v) is 9.98. The Morgan fingerprint density at radius 3 is 2.73 bits per heavy atom. The Kier molecular flexibility index (Phi) is 4.36. The summed E-state index contributed by atoms with van der Waals surface area (Å²) in [5.74, 6) is 1.62. The van der Waals surface area contributed by atoms with Crippen LogP contribution in [-0.4, -0.2) is 42.7 Å². The van der Waals surface area contributed by atoms with E-state index in [1.165, 1.54) is 25.7 Å². The molecular formula is C17H29N7O2. The molecule has 0 amide bonds. The van der Waals surface area contributed by atoms with Crippen molar-refractivity contribution in [3.63, 3.8) is 0 Å². The molecule has 144 valence electrons. The Hall–Kier alpha value is -1.26. The molecule has 3 saturated heterocycles. The molecule has 7 atom stereocenters. The largest absolute Gasteiger partial charge is 0.357 e. The molecule has 4 aliphatic heterocycles. The molecule has 5 rings (SSSR count). The number of ether oxygens (including phenoxy) is 1. The predicted molar refractivity (Wildman–Crippen MR) is 95.1 cm³/mol. The summed E-state index contributed by atoms with van der Waals surface area (Å²) >= 11 is 0. The van der Waals surface area contributed by atoms with Gasteiger partial charge < -0.3 is 15.8 Å². The van der Waals surface area contributed by atoms with E-state index in [2.05, 4.69) is 32.2 Å². The highest BCUT2D eigenvalue weighted by atomic mass is 16.5. The molecule has 0 aromatic carbocycles. The maximum absolute atomic E-state index is 13.3. The predicted octanol–water partition coefficient (Wildman–Crippen LogP) is -1.11. The normalized spacial score (nSPS) is 46.1. The highest BCUT2D eigenvalue weighted by Gasteiger charge is 2.52. The molecule has 4 fully saturated rings.